The van der Waals surface area contributed by atoms with Gasteiger partial charge in [0.25, 0.3) is 5.91 Å². The molecule has 0 aliphatic carbocycles. The highest BCUT2D eigenvalue weighted by Gasteiger charge is 2.19. The standard InChI is InChI=1S/C15H15NO4/c1-10-7-12(9-20-10)15(19)16-13(8-14(17)18)11-5-3-2-4-6-11/h2-7,9,13H,8H2,1H3,(H,16,19)(H,17,18). The van der Waals surface area contributed by atoms with E-state index in [1.54, 1.807) is 37.3 Å². The van der Waals surface area contributed by atoms with Crippen LogP contribution in [0.2, 0.25) is 0 Å². The van der Waals surface area contributed by atoms with Crippen LogP contribution in [0, 0.1) is 6.92 Å². The molecular formula is C15H15NO4. The fourth-order valence-corrected chi connectivity index (χ4v) is 1.92. The molecule has 5 heteroatoms. The largest absolute Gasteiger partial charge is 0.481 e. The van der Waals surface area contributed by atoms with Crippen molar-refractivity contribution in [3.05, 3.63) is 59.5 Å². The molecule has 1 heterocycles. The minimum absolute atomic E-state index is 0.174. The summed E-state index contributed by atoms with van der Waals surface area (Å²) in [4.78, 5) is 23.0. The molecule has 0 spiro atoms. The van der Waals surface area contributed by atoms with Gasteiger partial charge >= 0.3 is 5.97 Å². The number of carboxylic acids is 1. The lowest BCUT2D eigenvalue weighted by atomic mass is 10.0. The van der Waals surface area contributed by atoms with E-state index in [2.05, 4.69) is 5.32 Å². The molecule has 0 saturated heterocycles. The maximum atomic E-state index is 12.1. The number of furan rings is 1. The predicted molar refractivity (Wildman–Crippen MR) is 72.3 cm³/mol. The summed E-state index contributed by atoms with van der Waals surface area (Å²) in [6.07, 6.45) is 1.18. The highest BCUT2D eigenvalue weighted by Crippen LogP contribution is 2.18. The summed E-state index contributed by atoms with van der Waals surface area (Å²) in [6.45, 7) is 1.74. The van der Waals surface area contributed by atoms with Crippen LogP contribution in [-0.4, -0.2) is 17.0 Å². The highest BCUT2D eigenvalue weighted by atomic mass is 16.4. The van der Waals surface area contributed by atoms with Crippen molar-refractivity contribution in [3.63, 3.8) is 0 Å². The third kappa shape index (κ3) is 3.47. The van der Waals surface area contributed by atoms with Crippen LogP contribution in [-0.2, 0) is 4.79 Å². The number of carbonyl (C=O) groups is 2. The zero-order chi connectivity index (χ0) is 14.5. The normalized spacial score (nSPS) is 11.8. The van der Waals surface area contributed by atoms with E-state index in [0.29, 0.717) is 11.3 Å². The minimum Gasteiger partial charge on any atom is -0.481 e. The number of hydrogen-bond donors (Lipinski definition) is 2. The van der Waals surface area contributed by atoms with Crippen LogP contribution in [0.4, 0.5) is 0 Å². The molecule has 0 saturated carbocycles. The van der Waals surface area contributed by atoms with Gasteiger partial charge in [-0.2, -0.15) is 0 Å². The van der Waals surface area contributed by atoms with Crippen molar-refractivity contribution in [2.45, 2.75) is 19.4 Å². The van der Waals surface area contributed by atoms with Crippen LogP contribution in [0.1, 0.15) is 34.1 Å². The van der Waals surface area contributed by atoms with Crippen molar-refractivity contribution in [1.82, 2.24) is 5.32 Å². The molecule has 1 atom stereocenters. The van der Waals surface area contributed by atoms with Crippen molar-refractivity contribution in [2.24, 2.45) is 0 Å². The lowest BCUT2D eigenvalue weighted by Gasteiger charge is -2.16. The number of aliphatic carboxylic acids is 1. The van der Waals surface area contributed by atoms with E-state index in [9.17, 15) is 9.59 Å². The van der Waals surface area contributed by atoms with Crippen LogP contribution in [0.15, 0.2) is 47.1 Å². The molecule has 5 nitrogen and oxygen atoms in total. The fourth-order valence-electron chi connectivity index (χ4n) is 1.92. The van der Waals surface area contributed by atoms with E-state index in [1.807, 2.05) is 6.07 Å². The van der Waals surface area contributed by atoms with Gasteiger partial charge in [0.05, 0.1) is 18.0 Å². The van der Waals surface area contributed by atoms with Crippen LogP contribution in [0.5, 0.6) is 0 Å². The van der Waals surface area contributed by atoms with E-state index >= 15 is 0 Å². The van der Waals surface area contributed by atoms with Gasteiger partial charge in [0.1, 0.15) is 12.0 Å². The second-order valence-electron chi connectivity index (χ2n) is 4.48. The molecule has 1 amide bonds. The minimum atomic E-state index is -0.970. The van der Waals surface area contributed by atoms with Crippen LogP contribution in [0.3, 0.4) is 0 Å². The fraction of sp³-hybridized carbons (Fsp3) is 0.200. The Labute approximate surface area is 116 Å². The zero-order valence-electron chi connectivity index (χ0n) is 11.0. The lowest BCUT2D eigenvalue weighted by Crippen LogP contribution is -2.29. The number of nitrogens with one attached hydrogen (secondary N) is 1. The SMILES string of the molecule is Cc1cc(C(=O)NC(CC(=O)O)c2ccccc2)co1. The summed E-state index contributed by atoms with van der Waals surface area (Å²) < 4.78 is 5.08. The summed E-state index contributed by atoms with van der Waals surface area (Å²) in [5, 5.41) is 11.7. The molecule has 104 valence electrons. The molecular weight excluding hydrogens is 258 g/mol. The van der Waals surface area contributed by atoms with E-state index in [4.69, 9.17) is 9.52 Å². The second kappa shape index (κ2) is 6.06. The third-order valence-corrected chi connectivity index (χ3v) is 2.88. The topological polar surface area (TPSA) is 79.5 Å². The van der Waals surface area contributed by atoms with Gasteiger partial charge in [0.15, 0.2) is 0 Å². The van der Waals surface area contributed by atoms with Gasteiger partial charge in [-0.1, -0.05) is 30.3 Å². The quantitative estimate of drug-likeness (QED) is 0.877. The predicted octanol–water partition coefficient (Wildman–Crippen LogP) is 2.53. The number of rotatable bonds is 5. The van der Waals surface area contributed by atoms with Crippen molar-refractivity contribution in [3.8, 4) is 0 Å². The van der Waals surface area contributed by atoms with E-state index in [-0.39, 0.29) is 12.3 Å². The van der Waals surface area contributed by atoms with Gasteiger partial charge in [-0.3, -0.25) is 9.59 Å². The molecule has 0 aliphatic rings. The molecule has 20 heavy (non-hydrogen) atoms. The Morgan fingerprint density at radius 2 is 2.00 bits per heavy atom. The first-order valence-electron chi connectivity index (χ1n) is 6.19. The molecule has 2 aromatic rings. The first-order chi connectivity index (χ1) is 9.56. The zero-order valence-corrected chi connectivity index (χ0v) is 11.0. The Morgan fingerprint density at radius 3 is 2.55 bits per heavy atom. The molecule has 0 radical (unpaired) electrons. The summed E-state index contributed by atoms with van der Waals surface area (Å²) >= 11 is 0. The Hall–Kier alpha value is -2.56. The van der Waals surface area contributed by atoms with Crippen molar-refractivity contribution in [1.29, 1.82) is 0 Å². The van der Waals surface area contributed by atoms with Gasteiger partial charge in [-0.05, 0) is 18.6 Å². The van der Waals surface area contributed by atoms with Gasteiger partial charge < -0.3 is 14.8 Å². The summed E-state index contributed by atoms with van der Waals surface area (Å²) in [5.74, 6) is -0.691. The summed E-state index contributed by atoms with van der Waals surface area (Å²) in [6, 6.07) is 10.1. The maximum absolute atomic E-state index is 12.1. The molecule has 1 aromatic heterocycles. The van der Waals surface area contributed by atoms with Gasteiger partial charge in [0, 0.05) is 0 Å². The average molecular weight is 273 g/mol. The molecule has 1 aromatic carbocycles. The molecule has 0 aliphatic heterocycles. The smallest absolute Gasteiger partial charge is 0.305 e. The molecule has 2 rings (SSSR count). The molecule has 2 N–H and O–H groups in total. The second-order valence-corrected chi connectivity index (χ2v) is 4.48. The van der Waals surface area contributed by atoms with Crippen molar-refractivity contribution >= 4 is 11.9 Å². The van der Waals surface area contributed by atoms with E-state index in [0.717, 1.165) is 5.56 Å². The first kappa shape index (κ1) is 13.9. The maximum Gasteiger partial charge on any atom is 0.305 e. The average Bonchev–Trinajstić information content (AvgIpc) is 2.85. The van der Waals surface area contributed by atoms with Gasteiger partial charge in [0.2, 0.25) is 0 Å². The van der Waals surface area contributed by atoms with E-state index < -0.39 is 12.0 Å². The Morgan fingerprint density at radius 1 is 1.30 bits per heavy atom. The summed E-state index contributed by atoms with van der Waals surface area (Å²) in [7, 11) is 0. The molecule has 0 fully saturated rings. The van der Waals surface area contributed by atoms with E-state index in [1.165, 1.54) is 6.26 Å². The van der Waals surface area contributed by atoms with Crippen LogP contribution in [0.25, 0.3) is 0 Å². The molecule has 1 unspecified atom stereocenters. The lowest BCUT2D eigenvalue weighted by molar-refractivity contribution is -0.137. The third-order valence-electron chi connectivity index (χ3n) is 2.88. The van der Waals surface area contributed by atoms with Gasteiger partial charge in [-0.15, -0.1) is 0 Å². The Bertz CT molecular complexity index is 603. The van der Waals surface area contributed by atoms with Crippen LogP contribution < -0.4 is 5.32 Å². The number of carboxylic acid groups (broad SMARTS) is 1. The number of amides is 1. The number of hydrogen-bond acceptors (Lipinski definition) is 3. The van der Waals surface area contributed by atoms with Crippen molar-refractivity contribution < 1.29 is 19.1 Å². The Kier molecular flexibility index (Phi) is 4.20. The monoisotopic (exact) mass is 273 g/mol. The first-order valence-corrected chi connectivity index (χ1v) is 6.19. The number of carbonyl (C=O) groups excluding carboxylic acids is 1. The van der Waals surface area contributed by atoms with Crippen molar-refractivity contribution in [2.75, 3.05) is 0 Å². The molecule has 0 bridgehead atoms. The van der Waals surface area contributed by atoms with Crippen LogP contribution >= 0.6 is 0 Å². The van der Waals surface area contributed by atoms with Gasteiger partial charge in [-0.25, -0.2) is 0 Å². The number of benzene rings is 1. The highest BCUT2D eigenvalue weighted by molar-refractivity contribution is 5.94. The number of aryl methyl sites for hydroxylation is 1. The Balaban J connectivity index is 2.16. The summed E-state index contributed by atoms with van der Waals surface area (Å²) in [5.41, 5.74) is 1.14.